The minimum atomic E-state index is -1.67. The number of carbonyl (C=O) groups is 1. The summed E-state index contributed by atoms with van der Waals surface area (Å²) >= 11 is 0. The van der Waals surface area contributed by atoms with Crippen molar-refractivity contribution in [3.8, 4) is 0 Å². The number of hydrogen-bond acceptors (Lipinski definition) is 9. The predicted octanol–water partition coefficient (Wildman–Crippen LogP) is -3.80. The number of aromatic amines is 1. The summed E-state index contributed by atoms with van der Waals surface area (Å²) in [6.07, 6.45) is -3.06. The van der Waals surface area contributed by atoms with Crippen LogP contribution in [0.15, 0.2) is 12.5 Å². The first kappa shape index (κ1) is 24.9. The van der Waals surface area contributed by atoms with E-state index in [1.54, 1.807) is 6.20 Å². The normalized spacial score (nSPS) is 16.6. The van der Waals surface area contributed by atoms with Gasteiger partial charge in [0.15, 0.2) is 0 Å². The van der Waals surface area contributed by atoms with E-state index >= 15 is 0 Å². The number of aliphatic hydroxyl groups is 6. The number of hydrogen-bond donors (Lipinski definition) is 9. The minimum Gasteiger partial charge on any atom is -0.480 e. The van der Waals surface area contributed by atoms with Crippen molar-refractivity contribution in [2.75, 3.05) is 13.2 Å². The molecule has 10 N–H and O–H groups in total. The molecule has 1 aromatic heterocycles. The fourth-order valence-corrected chi connectivity index (χ4v) is 1.39. The van der Waals surface area contributed by atoms with E-state index in [0.29, 0.717) is 0 Å². The molecule has 1 rings (SSSR count). The number of halogens is 1. The third-order valence-corrected chi connectivity index (χ3v) is 2.82. The molecule has 0 spiro atoms. The molecule has 5 unspecified atom stereocenters. The first-order valence-corrected chi connectivity index (χ1v) is 6.64. The van der Waals surface area contributed by atoms with E-state index in [9.17, 15) is 4.79 Å². The van der Waals surface area contributed by atoms with Gasteiger partial charge in [-0.1, -0.05) is 0 Å². The molecule has 11 nitrogen and oxygen atoms in total. The molecule has 12 heteroatoms. The summed E-state index contributed by atoms with van der Waals surface area (Å²) in [6.45, 7) is -1.45. The molecule has 24 heavy (non-hydrogen) atoms. The standard InChI is InChI=1S/C6H9N3O2.C6H14O6.ClH/c7-5(6(10)11)1-4-2-8-3-9-4;7-1-3(9)5(11)6(12)4(10)2-8;/h2-3,5H,1,7H2,(H,8,9)(H,10,11);3-12H,1-2H2;1H. The molecular weight excluding hydrogens is 350 g/mol. The molecule has 0 radical (unpaired) electrons. The highest BCUT2D eigenvalue weighted by atomic mass is 35.5. The summed E-state index contributed by atoms with van der Waals surface area (Å²) in [5.41, 5.74) is 6.00. The highest BCUT2D eigenvalue weighted by Gasteiger charge is 2.29. The van der Waals surface area contributed by atoms with Crippen LogP contribution in [0.5, 0.6) is 0 Å². The second-order valence-corrected chi connectivity index (χ2v) is 4.71. The number of aliphatic hydroxyl groups excluding tert-OH is 6. The summed E-state index contributed by atoms with van der Waals surface area (Å²) < 4.78 is 0. The van der Waals surface area contributed by atoms with Crippen molar-refractivity contribution >= 4 is 18.4 Å². The molecule has 0 bridgehead atoms. The highest BCUT2D eigenvalue weighted by Crippen LogP contribution is 2.04. The van der Waals surface area contributed by atoms with Crippen molar-refractivity contribution in [1.29, 1.82) is 0 Å². The molecule has 142 valence electrons. The number of nitrogens with one attached hydrogen (secondary N) is 1. The van der Waals surface area contributed by atoms with Gasteiger partial charge < -0.3 is 46.5 Å². The third-order valence-electron chi connectivity index (χ3n) is 2.82. The van der Waals surface area contributed by atoms with Crippen LogP contribution < -0.4 is 5.73 Å². The van der Waals surface area contributed by atoms with Crippen LogP contribution in [0.4, 0.5) is 0 Å². The summed E-state index contributed by atoms with van der Waals surface area (Å²) in [6, 6.07) is -0.851. The number of aromatic nitrogens is 2. The molecule has 0 saturated carbocycles. The Morgan fingerprint density at radius 1 is 1.12 bits per heavy atom. The molecule has 0 amide bonds. The maximum atomic E-state index is 10.3. The molecule has 0 aliphatic rings. The third kappa shape index (κ3) is 9.10. The Bertz CT molecular complexity index is 422. The fraction of sp³-hybridized carbons (Fsp3) is 0.667. The topological polar surface area (TPSA) is 213 Å². The van der Waals surface area contributed by atoms with Gasteiger partial charge in [-0.15, -0.1) is 12.4 Å². The van der Waals surface area contributed by atoms with Crippen LogP contribution in [0, 0.1) is 0 Å². The van der Waals surface area contributed by atoms with Crippen LogP contribution >= 0.6 is 12.4 Å². The van der Waals surface area contributed by atoms with Crippen molar-refractivity contribution in [3.63, 3.8) is 0 Å². The molecule has 1 heterocycles. The van der Waals surface area contributed by atoms with E-state index in [-0.39, 0.29) is 18.8 Å². The van der Waals surface area contributed by atoms with Gasteiger partial charge in [-0.05, 0) is 0 Å². The van der Waals surface area contributed by atoms with Crippen LogP contribution in [0.2, 0.25) is 0 Å². The van der Waals surface area contributed by atoms with Gasteiger partial charge in [0.2, 0.25) is 0 Å². The Balaban J connectivity index is 0. The number of carboxylic acid groups (broad SMARTS) is 1. The van der Waals surface area contributed by atoms with Crippen molar-refractivity contribution in [1.82, 2.24) is 9.97 Å². The monoisotopic (exact) mass is 373 g/mol. The number of carboxylic acids is 1. The second-order valence-electron chi connectivity index (χ2n) is 4.71. The van der Waals surface area contributed by atoms with E-state index in [2.05, 4.69) is 9.97 Å². The van der Waals surface area contributed by atoms with E-state index < -0.39 is 49.6 Å². The quantitative estimate of drug-likeness (QED) is 0.216. The average molecular weight is 374 g/mol. The highest BCUT2D eigenvalue weighted by molar-refractivity contribution is 5.85. The van der Waals surface area contributed by atoms with Crippen LogP contribution in [0.1, 0.15) is 5.69 Å². The number of imidazole rings is 1. The number of rotatable bonds is 8. The number of nitrogens with zero attached hydrogens (tertiary/aromatic N) is 1. The van der Waals surface area contributed by atoms with Gasteiger partial charge in [0.05, 0.1) is 19.5 Å². The van der Waals surface area contributed by atoms with Gasteiger partial charge in [-0.25, -0.2) is 4.98 Å². The van der Waals surface area contributed by atoms with Crippen molar-refractivity contribution < 1.29 is 40.5 Å². The molecule has 0 aliphatic carbocycles. The minimum absolute atomic E-state index is 0. The van der Waals surface area contributed by atoms with E-state index in [1.165, 1.54) is 6.33 Å². The second kappa shape index (κ2) is 13.0. The first-order chi connectivity index (χ1) is 10.7. The number of nitrogens with two attached hydrogens (primary N) is 1. The van der Waals surface area contributed by atoms with Crippen LogP contribution in [-0.4, -0.2) is 95.4 Å². The molecule has 1 aromatic rings. The molecule has 0 fully saturated rings. The number of H-pyrrole nitrogens is 1. The fourth-order valence-electron chi connectivity index (χ4n) is 1.39. The Kier molecular flexibility index (Phi) is 13.5. The summed E-state index contributed by atoms with van der Waals surface area (Å²) in [5, 5.41) is 60.6. The zero-order chi connectivity index (χ0) is 18.0. The van der Waals surface area contributed by atoms with E-state index in [4.69, 9.17) is 41.5 Å². The van der Waals surface area contributed by atoms with Crippen LogP contribution in [-0.2, 0) is 11.2 Å². The van der Waals surface area contributed by atoms with Crippen molar-refractivity contribution in [2.24, 2.45) is 5.73 Å². The predicted molar refractivity (Wildman–Crippen MR) is 83.3 cm³/mol. The summed E-state index contributed by atoms with van der Waals surface area (Å²) in [4.78, 5) is 16.8. The number of aliphatic carboxylic acids is 1. The van der Waals surface area contributed by atoms with Crippen molar-refractivity contribution in [2.45, 2.75) is 36.9 Å². The smallest absolute Gasteiger partial charge is 0.320 e. The Hall–Kier alpha value is -1.31. The van der Waals surface area contributed by atoms with Crippen molar-refractivity contribution in [3.05, 3.63) is 18.2 Å². The summed E-state index contributed by atoms with van der Waals surface area (Å²) in [5.74, 6) is -1.00. The first-order valence-electron chi connectivity index (χ1n) is 6.64. The lowest BCUT2D eigenvalue weighted by Gasteiger charge is -2.24. The van der Waals surface area contributed by atoms with Gasteiger partial charge in [0.25, 0.3) is 0 Å². The van der Waals surface area contributed by atoms with Gasteiger partial charge >= 0.3 is 5.97 Å². The molecule has 0 aliphatic heterocycles. The van der Waals surface area contributed by atoms with Crippen LogP contribution in [0.25, 0.3) is 0 Å². The average Bonchev–Trinajstić information content (AvgIpc) is 3.05. The van der Waals surface area contributed by atoms with Gasteiger partial charge in [-0.3, -0.25) is 4.79 Å². The largest absolute Gasteiger partial charge is 0.480 e. The lowest BCUT2D eigenvalue weighted by atomic mass is 10.0. The molecule has 5 atom stereocenters. The Labute approximate surface area is 143 Å². The Morgan fingerprint density at radius 2 is 1.58 bits per heavy atom. The maximum Gasteiger partial charge on any atom is 0.320 e. The lowest BCUT2D eigenvalue weighted by Crippen LogP contribution is -2.46. The zero-order valence-electron chi connectivity index (χ0n) is 12.6. The SMILES string of the molecule is Cl.NC(Cc1cnc[nH]1)C(=O)O.OCC(O)C(O)C(O)C(O)CO. The summed E-state index contributed by atoms with van der Waals surface area (Å²) in [7, 11) is 0. The van der Waals surface area contributed by atoms with E-state index in [1.807, 2.05) is 0 Å². The molecule has 0 aromatic carbocycles. The van der Waals surface area contributed by atoms with Gasteiger partial charge in [0.1, 0.15) is 30.5 Å². The zero-order valence-corrected chi connectivity index (χ0v) is 13.5. The van der Waals surface area contributed by atoms with Crippen LogP contribution in [0.3, 0.4) is 0 Å². The maximum absolute atomic E-state index is 10.3. The van der Waals surface area contributed by atoms with E-state index in [0.717, 1.165) is 5.69 Å². The van der Waals surface area contributed by atoms with Gasteiger partial charge in [-0.2, -0.15) is 0 Å². The lowest BCUT2D eigenvalue weighted by molar-refractivity contribution is -0.138. The molecular formula is C12H24ClN3O8. The Morgan fingerprint density at radius 3 is 1.88 bits per heavy atom. The van der Waals surface area contributed by atoms with Gasteiger partial charge in [0, 0.05) is 18.3 Å². The molecule has 0 saturated heterocycles.